The minimum Gasteiger partial charge on any atom is -0.370 e. The van der Waals surface area contributed by atoms with Gasteiger partial charge in [-0.15, -0.1) is 0 Å². The molecule has 0 amide bonds. The molecule has 0 spiro atoms. The van der Waals surface area contributed by atoms with Crippen LogP contribution in [0.5, 0.6) is 0 Å². The van der Waals surface area contributed by atoms with Crippen LogP contribution in [0.1, 0.15) is 6.92 Å². The van der Waals surface area contributed by atoms with Gasteiger partial charge in [-0.25, -0.2) is 9.97 Å². The lowest BCUT2D eigenvalue weighted by Crippen LogP contribution is -1.99. The number of nitrogens with one attached hydrogen (secondary N) is 2. The maximum atomic E-state index is 4.13. The summed E-state index contributed by atoms with van der Waals surface area (Å²) < 4.78 is 0. The highest BCUT2D eigenvalue weighted by Gasteiger charge is 2.01. The van der Waals surface area contributed by atoms with E-state index < -0.39 is 0 Å². The lowest BCUT2D eigenvalue weighted by atomic mass is 10.4. The largest absolute Gasteiger partial charge is 0.370 e. The Morgan fingerprint density at radius 2 is 2.42 bits per heavy atom. The standard InChI is InChI=1S/C8H10N4/c1-2-9-7-6-3-4-10-8(6)12-5-11-7/h3-5H,2H2,1H3,(H2,9,10,11,12). The average Bonchev–Trinajstić information content (AvgIpc) is 2.53. The van der Waals surface area contributed by atoms with Crippen molar-refractivity contribution < 1.29 is 0 Å². The summed E-state index contributed by atoms with van der Waals surface area (Å²) in [6.45, 7) is 2.91. The summed E-state index contributed by atoms with van der Waals surface area (Å²) in [4.78, 5) is 11.2. The van der Waals surface area contributed by atoms with Gasteiger partial charge in [0.1, 0.15) is 17.8 Å². The number of fused-ring (bicyclic) bond motifs is 1. The van der Waals surface area contributed by atoms with E-state index in [1.165, 1.54) is 0 Å². The van der Waals surface area contributed by atoms with Crippen LogP contribution in [-0.4, -0.2) is 21.5 Å². The fourth-order valence-corrected chi connectivity index (χ4v) is 1.18. The molecule has 62 valence electrons. The van der Waals surface area contributed by atoms with Crippen LogP contribution >= 0.6 is 0 Å². The number of hydrogen-bond donors (Lipinski definition) is 2. The second kappa shape index (κ2) is 2.81. The number of rotatable bonds is 2. The molecule has 2 aromatic rings. The van der Waals surface area contributed by atoms with Gasteiger partial charge in [-0.3, -0.25) is 0 Å². The quantitative estimate of drug-likeness (QED) is 0.701. The molecule has 0 bridgehead atoms. The molecule has 0 saturated heterocycles. The first-order chi connectivity index (χ1) is 5.92. The Balaban J connectivity index is 2.57. The van der Waals surface area contributed by atoms with E-state index in [-0.39, 0.29) is 0 Å². The molecule has 4 heteroatoms. The summed E-state index contributed by atoms with van der Waals surface area (Å²) in [5.74, 6) is 0.892. The van der Waals surface area contributed by atoms with Gasteiger partial charge in [0.25, 0.3) is 0 Å². The van der Waals surface area contributed by atoms with Crippen molar-refractivity contribution in [1.82, 2.24) is 15.0 Å². The van der Waals surface area contributed by atoms with Gasteiger partial charge in [-0.2, -0.15) is 0 Å². The van der Waals surface area contributed by atoms with Crippen LogP contribution in [0.4, 0.5) is 5.82 Å². The van der Waals surface area contributed by atoms with Gasteiger partial charge in [0.2, 0.25) is 0 Å². The van der Waals surface area contributed by atoms with Crippen molar-refractivity contribution in [3.8, 4) is 0 Å². The van der Waals surface area contributed by atoms with E-state index in [0.29, 0.717) is 0 Å². The van der Waals surface area contributed by atoms with Crippen molar-refractivity contribution in [2.45, 2.75) is 6.92 Å². The second-order valence-corrected chi connectivity index (χ2v) is 2.49. The molecule has 12 heavy (non-hydrogen) atoms. The van der Waals surface area contributed by atoms with Crippen molar-refractivity contribution in [2.75, 3.05) is 11.9 Å². The van der Waals surface area contributed by atoms with Gasteiger partial charge < -0.3 is 10.3 Å². The Kier molecular flexibility index (Phi) is 1.66. The van der Waals surface area contributed by atoms with E-state index >= 15 is 0 Å². The first kappa shape index (κ1) is 7.09. The molecule has 0 radical (unpaired) electrons. The van der Waals surface area contributed by atoms with Crippen LogP contribution in [0.2, 0.25) is 0 Å². The molecule has 0 aromatic carbocycles. The minimum absolute atomic E-state index is 0.872. The van der Waals surface area contributed by atoms with E-state index in [0.717, 1.165) is 23.4 Å². The molecule has 0 fully saturated rings. The average molecular weight is 162 g/mol. The van der Waals surface area contributed by atoms with Crippen molar-refractivity contribution in [3.05, 3.63) is 18.6 Å². The zero-order chi connectivity index (χ0) is 8.39. The van der Waals surface area contributed by atoms with Crippen molar-refractivity contribution in [3.63, 3.8) is 0 Å². The summed E-state index contributed by atoms with van der Waals surface area (Å²) in [5, 5.41) is 4.21. The van der Waals surface area contributed by atoms with Gasteiger partial charge in [0.05, 0.1) is 5.39 Å². The zero-order valence-electron chi connectivity index (χ0n) is 6.83. The Bertz CT molecular complexity index is 379. The third kappa shape index (κ3) is 1.01. The predicted molar refractivity (Wildman–Crippen MR) is 48.1 cm³/mol. The first-order valence-corrected chi connectivity index (χ1v) is 3.93. The highest BCUT2D eigenvalue weighted by atomic mass is 15.0. The zero-order valence-corrected chi connectivity index (χ0v) is 6.83. The number of H-pyrrole nitrogens is 1. The maximum Gasteiger partial charge on any atom is 0.142 e. The van der Waals surface area contributed by atoms with Crippen molar-refractivity contribution in [2.24, 2.45) is 0 Å². The molecule has 2 N–H and O–H groups in total. The molecular formula is C8H10N4. The summed E-state index contributed by atoms with van der Waals surface area (Å²) in [6, 6.07) is 1.97. The summed E-state index contributed by atoms with van der Waals surface area (Å²) in [7, 11) is 0. The van der Waals surface area contributed by atoms with E-state index in [2.05, 4.69) is 20.3 Å². The molecule has 4 nitrogen and oxygen atoms in total. The number of aromatic nitrogens is 3. The molecule has 2 rings (SSSR count). The molecule has 2 heterocycles. The number of anilines is 1. The molecule has 0 aliphatic heterocycles. The predicted octanol–water partition coefficient (Wildman–Crippen LogP) is 1.39. The van der Waals surface area contributed by atoms with Gasteiger partial charge in [-0.1, -0.05) is 0 Å². The second-order valence-electron chi connectivity index (χ2n) is 2.49. The highest BCUT2D eigenvalue weighted by Crippen LogP contribution is 2.16. The van der Waals surface area contributed by atoms with E-state index in [1.54, 1.807) is 6.33 Å². The van der Waals surface area contributed by atoms with E-state index in [1.807, 2.05) is 19.2 Å². The van der Waals surface area contributed by atoms with Crippen LogP contribution in [0.3, 0.4) is 0 Å². The van der Waals surface area contributed by atoms with E-state index in [9.17, 15) is 0 Å². The van der Waals surface area contributed by atoms with Crippen LogP contribution < -0.4 is 5.32 Å². The summed E-state index contributed by atoms with van der Waals surface area (Å²) >= 11 is 0. The van der Waals surface area contributed by atoms with Gasteiger partial charge >= 0.3 is 0 Å². The van der Waals surface area contributed by atoms with Gasteiger partial charge in [-0.05, 0) is 13.0 Å². The molecule has 0 atom stereocenters. The first-order valence-electron chi connectivity index (χ1n) is 3.93. The molecule has 0 unspecified atom stereocenters. The van der Waals surface area contributed by atoms with E-state index in [4.69, 9.17) is 0 Å². The smallest absolute Gasteiger partial charge is 0.142 e. The molecule has 0 aliphatic carbocycles. The van der Waals surface area contributed by atoms with Gasteiger partial charge in [0, 0.05) is 12.7 Å². The van der Waals surface area contributed by atoms with Crippen molar-refractivity contribution in [1.29, 1.82) is 0 Å². The lowest BCUT2D eigenvalue weighted by Gasteiger charge is -2.01. The van der Waals surface area contributed by atoms with Crippen molar-refractivity contribution >= 4 is 16.9 Å². The maximum absolute atomic E-state index is 4.13. The Hall–Kier alpha value is -1.58. The third-order valence-corrected chi connectivity index (χ3v) is 1.70. The highest BCUT2D eigenvalue weighted by molar-refractivity contribution is 5.86. The summed E-state index contributed by atoms with van der Waals surface area (Å²) in [6.07, 6.45) is 3.41. The molecular weight excluding hydrogens is 152 g/mol. The number of nitrogens with zero attached hydrogens (tertiary/aromatic N) is 2. The normalized spacial score (nSPS) is 10.4. The lowest BCUT2D eigenvalue weighted by molar-refractivity contribution is 1.14. The Morgan fingerprint density at radius 1 is 1.50 bits per heavy atom. The number of hydrogen-bond acceptors (Lipinski definition) is 3. The molecule has 0 aliphatic rings. The van der Waals surface area contributed by atoms with Crippen LogP contribution in [-0.2, 0) is 0 Å². The van der Waals surface area contributed by atoms with Crippen LogP contribution in [0.25, 0.3) is 11.0 Å². The van der Waals surface area contributed by atoms with Crippen LogP contribution in [0, 0.1) is 0 Å². The molecule has 0 saturated carbocycles. The fourth-order valence-electron chi connectivity index (χ4n) is 1.18. The molecule has 2 aromatic heterocycles. The Morgan fingerprint density at radius 3 is 3.25 bits per heavy atom. The topological polar surface area (TPSA) is 53.6 Å². The minimum atomic E-state index is 0.872. The van der Waals surface area contributed by atoms with Gasteiger partial charge in [0.15, 0.2) is 0 Å². The van der Waals surface area contributed by atoms with Crippen LogP contribution in [0.15, 0.2) is 18.6 Å². The summed E-state index contributed by atoms with van der Waals surface area (Å²) in [5.41, 5.74) is 0.876. The number of aromatic amines is 1. The fraction of sp³-hybridized carbons (Fsp3) is 0.250. The SMILES string of the molecule is CCNc1ncnc2[nH]ccc12. The Labute approximate surface area is 70.0 Å². The third-order valence-electron chi connectivity index (χ3n) is 1.70. The monoisotopic (exact) mass is 162 g/mol.